The lowest BCUT2D eigenvalue weighted by atomic mass is 10.1. The molecule has 0 aliphatic rings. The molecule has 2 rings (SSSR count). The van der Waals surface area contributed by atoms with Gasteiger partial charge < -0.3 is 10.1 Å². The summed E-state index contributed by atoms with van der Waals surface area (Å²) < 4.78 is 31.5. The van der Waals surface area contributed by atoms with Crippen molar-refractivity contribution in [3.8, 4) is 5.75 Å². The van der Waals surface area contributed by atoms with Crippen LogP contribution in [0.15, 0.2) is 48.5 Å². The molecule has 1 atom stereocenters. The van der Waals surface area contributed by atoms with Crippen LogP contribution in [-0.2, 0) is 21.2 Å². The standard InChI is InChI=1S/C20H25ClN2O4S/c1-4-17(20(24)22-13-12-15-8-6-5-7-9-15)23(28(3,25)26)18-14-16(21)10-11-19(18)27-2/h5-11,14,17H,4,12-13H2,1-3H3,(H,22,24)/t17-/m1/s1. The first-order valence-electron chi connectivity index (χ1n) is 8.92. The van der Waals surface area contributed by atoms with Crippen molar-refractivity contribution < 1.29 is 17.9 Å². The summed E-state index contributed by atoms with van der Waals surface area (Å²) in [5.74, 6) is -0.0451. The molecule has 0 spiro atoms. The van der Waals surface area contributed by atoms with E-state index < -0.39 is 16.1 Å². The summed E-state index contributed by atoms with van der Waals surface area (Å²) in [7, 11) is -2.33. The average molecular weight is 425 g/mol. The molecule has 1 N–H and O–H groups in total. The van der Waals surface area contributed by atoms with Crippen molar-refractivity contribution in [1.29, 1.82) is 0 Å². The molecule has 2 aromatic rings. The van der Waals surface area contributed by atoms with Crippen LogP contribution in [-0.4, -0.2) is 40.3 Å². The van der Waals surface area contributed by atoms with Crippen molar-refractivity contribution in [2.75, 3.05) is 24.2 Å². The van der Waals surface area contributed by atoms with E-state index in [1.807, 2.05) is 30.3 Å². The van der Waals surface area contributed by atoms with Crippen LogP contribution < -0.4 is 14.4 Å². The summed E-state index contributed by atoms with van der Waals surface area (Å²) in [6, 6.07) is 13.5. The van der Waals surface area contributed by atoms with Crippen molar-refractivity contribution in [3.05, 3.63) is 59.1 Å². The second-order valence-electron chi connectivity index (χ2n) is 6.33. The van der Waals surface area contributed by atoms with Gasteiger partial charge in [-0.2, -0.15) is 0 Å². The summed E-state index contributed by atoms with van der Waals surface area (Å²) in [6.45, 7) is 2.17. The molecule has 6 nitrogen and oxygen atoms in total. The Morgan fingerprint density at radius 1 is 1.21 bits per heavy atom. The molecule has 28 heavy (non-hydrogen) atoms. The third-order valence-electron chi connectivity index (χ3n) is 4.26. The summed E-state index contributed by atoms with van der Waals surface area (Å²) >= 11 is 6.07. The fourth-order valence-electron chi connectivity index (χ4n) is 2.96. The topological polar surface area (TPSA) is 75.7 Å². The van der Waals surface area contributed by atoms with Gasteiger partial charge >= 0.3 is 0 Å². The molecule has 0 saturated carbocycles. The minimum absolute atomic E-state index is 0.238. The van der Waals surface area contributed by atoms with Crippen LogP contribution in [0, 0.1) is 0 Å². The van der Waals surface area contributed by atoms with Gasteiger partial charge in [0.15, 0.2) is 0 Å². The first-order chi connectivity index (χ1) is 13.3. The van der Waals surface area contributed by atoms with Crippen molar-refractivity contribution in [1.82, 2.24) is 5.32 Å². The molecular weight excluding hydrogens is 400 g/mol. The summed E-state index contributed by atoms with van der Waals surface area (Å²) in [5, 5.41) is 3.19. The lowest BCUT2D eigenvalue weighted by molar-refractivity contribution is -0.122. The number of halogens is 1. The molecule has 0 radical (unpaired) electrons. The van der Waals surface area contributed by atoms with Crippen molar-refractivity contribution in [2.24, 2.45) is 0 Å². The molecule has 152 valence electrons. The molecule has 0 fully saturated rings. The van der Waals surface area contributed by atoms with Gasteiger partial charge in [-0.15, -0.1) is 0 Å². The Labute approximate surface area is 171 Å². The van der Waals surface area contributed by atoms with Crippen LogP contribution in [0.5, 0.6) is 5.75 Å². The highest BCUT2D eigenvalue weighted by Crippen LogP contribution is 2.34. The fourth-order valence-corrected chi connectivity index (χ4v) is 4.34. The summed E-state index contributed by atoms with van der Waals surface area (Å²) in [5.41, 5.74) is 1.33. The molecule has 0 aliphatic carbocycles. The number of carbonyl (C=O) groups excluding carboxylic acids is 1. The Bertz CT molecular complexity index is 904. The molecule has 0 aliphatic heterocycles. The molecule has 0 bridgehead atoms. The number of anilines is 1. The first kappa shape index (κ1) is 22.0. The van der Waals surface area contributed by atoms with Crippen molar-refractivity contribution in [2.45, 2.75) is 25.8 Å². The van der Waals surface area contributed by atoms with Crippen molar-refractivity contribution >= 4 is 33.2 Å². The maximum absolute atomic E-state index is 12.8. The molecule has 0 unspecified atom stereocenters. The highest BCUT2D eigenvalue weighted by molar-refractivity contribution is 7.92. The number of nitrogens with zero attached hydrogens (tertiary/aromatic N) is 1. The predicted molar refractivity (Wildman–Crippen MR) is 113 cm³/mol. The second kappa shape index (κ2) is 9.80. The van der Waals surface area contributed by atoms with Gasteiger partial charge in [0.2, 0.25) is 15.9 Å². The molecule has 8 heteroatoms. The molecule has 0 aromatic heterocycles. The number of carbonyl (C=O) groups is 1. The van der Waals surface area contributed by atoms with Gasteiger partial charge in [-0.3, -0.25) is 9.10 Å². The highest BCUT2D eigenvalue weighted by Gasteiger charge is 2.33. The van der Waals surface area contributed by atoms with Crippen molar-refractivity contribution in [3.63, 3.8) is 0 Å². The zero-order valence-electron chi connectivity index (χ0n) is 16.2. The van der Waals surface area contributed by atoms with Gasteiger partial charge in [0, 0.05) is 11.6 Å². The predicted octanol–water partition coefficient (Wildman–Crippen LogP) is 3.25. The van der Waals surface area contributed by atoms with Gasteiger partial charge in [0.05, 0.1) is 19.1 Å². The minimum Gasteiger partial charge on any atom is -0.495 e. The third kappa shape index (κ3) is 5.62. The highest BCUT2D eigenvalue weighted by atomic mass is 35.5. The minimum atomic E-state index is -3.77. The number of hydrogen-bond acceptors (Lipinski definition) is 4. The van der Waals surface area contributed by atoms with Crippen LogP contribution in [0.25, 0.3) is 0 Å². The zero-order chi connectivity index (χ0) is 20.7. The quantitative estimate of drug-likeness (QED) is 0.670. The van der Waals surface area contributed by atoms with Crippen LogP contribution in [0.3, 0.4) is 0 Å². The van der Waals surface area contributed by atoms with Gasteiger partial charge in [0.1, 0.15) is 11.8 Å². The van der Waals surface area contributed by atoms with Crippen LogP contribution in [0.2, 0.25) is 5.02 Å². The van der Waals surface area contributed by atoms with E-state index in [9.17, 15) is 13.2 Å². The van der Waals surface area contributed by atoms with E-state index >= 15 is 0 Å². The SMILES string of the molecule is CC[C@H](C(=O)NCCc1ccccc1)N(c1cc(Cl)ccc1OC)S(C)(=O)=O. The Kier molecular flexibility index (Phi) is 7.71. The lowest BCUT2D eigenvalue weighted by Gasteiger charge is -2.31. The van der Waals surface area contributed by atoms with E-state index in [0.717, 1.165) is 16.1 Å². The first-order valence-corrected chi connectivity index (χ1v) is 11.1. The zero-order valence-corrected chi connectivity index (χ0v) is 17.8. The Morgan fingerprint density at radius 2 is 1.89 bits per heavy atom. The number of amides is 1. The number of methoxy groups -OCH3 is 1. The summed E-state index contributed by atoms with van der Waals surface area (Å²) in [6.07, 6.45) is 2.01. The number of nitrogens with one attached hydrogen (secondary N) is 1. The van der Waals surface area contributed by atoms with Gasteiger partial charge in [-0.1, -0.05) is 48.9 Å². The molecule has 0 heterocycles. The van der Waals surface area contributed by atoms with E-state index in [2.05, 4.69) is 5.32 Å². The average Bonchev–Trinajstić information content (AvgIpc) is 2.65. The van der Waals surface area contributed by atoms with E-state index in [0.29, 0.717) is 30.2 Å². The molecule has 2 aromatic carbocycles. The van der Waals surface area contributed by atoms with Gasteiger partial charge in [0.25, 0.3) is 0 Å². The smallest absolute Gasteiger partial charge is 0.243 e. The van der Waals surface area contributed by atoms with E-state index in [1.54, 1.807) is 19.1 Å². The number of rotatable bonds is 9. The lowest BCUT2D eigenvalue weighted by Crippen LogP contribution is -2.49. The third-order valence-corrected chi connectivity index (χ3v) is 5.66. The Morgan fingerprint density at radius 3 is 2.46 bits per heavy atom. The van der Waals surface area contributed by atoms with E-state index in [-0.39, 0.29) is 11.6 Å². The maximum Gasteiger partial charge on any atom is 0.243 e. The normalized spacial score (nSPS) is 12.3. The van der Waals surface area contributed by atoms with Crippen LogP contribution >= 0.6 is 11.6 Å². The van der Waals surface area contributed by atoms with Crippen LogP contribution in [0.4, 0.5) is 5.69 Å². The largest absolute Gasteiger partial charge is 0.495 e. The molecular formula is C20H25ClN2O4S. The monoisotopic (exact) mass is 424 g/mol. The van der Waals surface area contributed by atoms with Gasteiger partial charge in [-0.05, 0) is 36.6 Å². The number of sulfonamides is 1. The second-order valence-corrected chi connectivity index (χ2v) is 8.62. The molecule has 1 amide bonds. The number of ether oxygens (including phenoxy) is 1. The molecule has 0 saturated heterocycles. The van der Waals surface area contributed by atoms with Crippen LogP contribution in [0.1, 0.15) is 18.9 Å². The number of hydrogen-bond donors (Lipinski definition) is 1. The Hall–Kier alpha value is -2.25. The van der Waals surface area contributed by atoms with Gasteiger partial charge in [-0.25, -0.2) is 8.42 Å². The number of benzene rings is 2. The summed E-state index contributed by atoms with van der Waals surface area (Å²) in [4.78, 5) is 12.8. The Balaban J connectivity index is 2.26. The van der Waals surface area contributed by atoms with E-state index in [1.165, 1.54) is 13.2 Å². The maximum atomic E-state index is 12.8. The fraction of sp³-hybridized carbons (Fsp3) is 0.350. The van der Waals surface area contributed by atoms with E-state index in [4.69, 9.17) is 16.3 Å².